The first-order valence-electron chi connectivity index (χ1n) is 6.69. The Labute approximate surface area is 119 Å². The minimum Gasteiger partial charge on any atom is -0.444 e. The summed E-state index contributed by atoms with van der Waals surface area (Å²) in [6, 6.07) is -0.697. The number of ether oxygens (including phenoxy) is 2. The first-order chi connectivity index (χ1) is 9.24. The average Bonchev–Trinajstić information content (AvgIpc) is 2.69. The minimum atomic E-state index is -0.708. The molecular weight excluding hydrogens is 264 g/mol. The molecule has 0 aromatic rings. The van der Waals surface area contributed by atoms with Gasteiger partial charge >= 0.3 is 6.09 Å². The lowest BCUT2D eigenvalue weighted by molar-refractivity contribution is -0.125. The van der Waals surface area contributed by atoms with E-state index >= 15 is 0 Å². The molecule has 1 rings (SSSR count). The van der Waals surface area contributed by atoms with Crippen LogP contribution in [-0.4, -0.2) is 66.6 Å². The Hall–Kier alpha value is -1.34. The van der Waals surface area contributed by atoms with Gasteiger partial charge in [-0.2, -0.15) is 0 Å². The zero-order valence-corrected chi connectivity index (χ0v) is 12.5. The number of hydrogen-bond donors (Lipinski definition) is 2. The van der Waals surface area contributed by atoms with Crippen molar-refractivity contribution in [3.8, 4) is 0 Å². The number of β-amino-alcohol motifs (C(OH)–C–C–N with tert-alkyl or cyclic N) is 1. The Morgan fingerprint density at radius 1 is 1.40 bits per heavy atom. The monoisotopic (exact) mass is 288 g/mol. The summed E-state index contributed by atoms with van der Waals surface area (Å²) in [6.45, 7) is 6.13. The van der Waals surface area contributed by atoms with Crippen molar-refractivity contribution in [2.75, 3.05) is 26.8 Å². The molecule has 0 bridgehead atoms. The van der Waals surface area contributed by atoms with Crippen molar-refractivity contribution in [3.63, 3.8) is 0 Å². The molecule has 0 aromatic carbocycles. The van der Waals surface area contributed by atoms with Crippen LogP contribution in [0.15, 0.2) is 0 Å². The molecule has 116 valence electrons. The van der Waals surface area contributed by atoms with Crippen LogP contribution >= 0.6 is 0 Å². The number of nitrogens with one attached hydrogen (secondary N) is 1. The van der Waals surface area contributed by atoms with Crippen LogP contribution in [-0.2, 0) is 14.3 Å². The van der Waals surface area contributed by atoms with Crippen LogP contribution in [0.1, 0.15) is 27.2 Å². The van der Waals surface area contributed by atoms with Crippen molar-refractivity contribution in [1.29, 1.82) is 0 Å². The maximum absolute atomic E-state index is 12.0. The molecule has 0 radical (unpaired) electrons. The van der Waals surface area contributed by atoms with Gasteiger partial charge in [0.25, 0.3) is 0 Å². The summed E-state index contributed by atoms with van der Waals surface area (Å²) in [7, 11) is 1.54. The fourth-order valence-corrected chi connectivity index (χ4v) is 1.98. The van der Waals surface area contributed by atoms with Crippen LogP contribution in [0, 0.1) is 0 Å². The number of amides is 2. The summed E-state index contributed by atoms with van der Waals surface area (Å²) in [4.78, 5) is 25.3. The lowest BCUT2D eigenvalue weighted by Crippen LogP contribution is -2.48. The standard InChI is InChI=1S/C13H24N2O5/c1-13(2,3)20-12(18)15-8-9(16)7-10(15)11(17)14-5-6-19-4/h9-10,16H,5-8H2,1-4H3,(H,14,17)/t9-,10-/m0/s1. The number of aliphatic hydroxyl groups is 1. The maximum Gasteiger partial charge on any atom is 0.411 e. The Bertz CT molecular complexity index is 353. The molecule has 0 aliphatic carbocycles. The predicted octanol–water partition coefficient (Wildman–Crippen LogP) is 0.119. The normalized spacial score (nSPS) is 22.8. The van der Waals surface area contributed by atoms with E-state index in [0.717, 1.165) is 0 Å². The molecule has 0 saturated carbocycles. The molecule has 20 heavy (non-hydrogen) atoms. The highest BCUT2D eigenvalue weighted by Crippen LogP contribution is 2.21. The largest absolute Gasteiger partial charge is 0.444 e. The fraction of sp³-hybridized carbons (Fsp3) is 0.846. The predicted molar refractivity (Wildman–Crippen MR) is 72.2 cm³/mol. The van der Waals surface area contributed by atoms with Gasteiger partial charge in [0, 0.05) is 20.1 Å². The highest BCUT2D eigenvalue weighted by molar-refractivity contribution is 5.86. The summed E-state index contributed by atoms with van der Waals surface area (Å²) in [6.07, 6.45) is -1.07. The van der Waals surface area contributed by atoms with Gasteiger partial charge in [0.1, 0.15) is 11.6 Å². The molecule has 7 nitrogen and oxygen atoms in total. The van der Waals surface area contributed by atoms with Gasteiger partial charge in [-0.3, -0.25) is 9.69 Å². The summed E-state index contributed by atoms with van der Waals surface area (Å²) in [5.41, 5.74) is -0.637. The quantitative estimate of drug-likeness (QED) is 0.717. The molecule has 1 saturated heterocycles. The third-order valence-corrected chi connectivity index (χ3v) is 2.82. The molecule has 2 amide bonds. The number of carbonyl (C=O) groups is 2. The Morgan fingerprint density at radius 3 is 2.60 bits per heavy atom. The highest BCUT2D eigenvalue weighted by atomic mass is 16.6. The molecule has 1 aliphatic rings. The van der Waals surface area contributed by atoms with Crippen molar-refractivity contribution in [2.45, 2.75) is 44.9 Å². The Kier molecular flexibility index (Phi) is 5.76. The second-order valence-electron chi connectivity index (χ2n) is 5.82. The van der Waals surface area contributed by atoms with E-state index in [2.05, 4.69) is 5.32 Å². The van der Waals surface area contributed by atoms with E-state index in [4.69, 9.17) is 9.47 Å². The zero-order chi connectivity index (χ0) is 15.3. The maximum atomic E-state index is 12.0. The van der Waals surface area contributed by atoms with Gasteiger partial charge in [-0.25, -0.2) is 4.79 Å². The molecule has 1 fully saturated rings. The average molecular weight is 288 g/mol. The summed E-state index contributed by atoms with van der Waals surface area (Å²) in [5, 5.41) is 12.4. The molecule has 2 atom stereocenters. The number of hydrogen-bond acceptors (Lipinski definition) is 5. The molecule has 0 spiro atoms. The van der Waals surface area contributed by atoms with Crippen molar-refractivity contribution < 1.29 is 24.2 Å². The minimum absolute atomic E-state index is 0.108. The lowest BCUT2D eigenvalue weighted by atomic mass is 10.2. The number of likely N-dealkylation sites (tertiary alicyclic amines) is 1. The van der Waals surface area contributed by atoms with E-state index in [9.17, 15) is 14.7 Å². The van der Waals surface area contributed by atoms with E-state index < -0.39 is 23.8 Å². The van der Waals surface area contributed by atoms with Crippen LogP contribution in [0.4, 0.5) is 4.79 Å². The van der Waals surface area contributed by atoms with Gasteiger partial charge in [-0.05, 0) is 20.8 Å². The summed E-state index contributed by atoms with van der Waals surface area (Å²) in [5.74, 6) is -0.301. The zero-order valence-electron chi connectivity index (χ0n) is 12.5. The van der Waals surface area contributed by atoms with Gasteiger partial charge < -0.3 is 19.9 Å². The number of aliphatic hydroxyl groups excluding tert-OH is 1. The van der Waals surface area contributed by atoms with Crippen molar-refractivity contribution in [2.24, 2.45) is 0 Å². The number of carbonyl (C=O) groups excluding carboxylic acids is 2. The molecule has 7 heteroatoms. The molecule has 0 unspecified atom stereocenters. The third-order valence-electron chi connectivity index (χ3n) is 2.82. The molecule has 1 aliphatic heterocycles. The Balaban J connectivity index is 2.63. The van der Waals surface area contributed by atoms with Gasteiger partial charge in [-0.15, -0.1) is 0 Å². The number of rotatable bonds is 4. The second kappa shape index (κ2) is 6.90. The van der Waals surface area contributed by atoms with Crippen LogP contribution in [0.5, 0.6) is 0 Å². The van der Waals surface area contributed by atoms with Crippen LogP contribution in [0.25, 0.3) is 0 Å². The third kappa shape index (κ3) is 4.97. The molecule has 2 N–H and O–H groups in total. The topological polar surface area (TPSA) is 88.1 Å². The Morgan fingerprint density at radius 2 is 2.05 bits per heavy atom. The number of methoxy groups -OCH3 is 1. The second-order valence-corrected chi connectivity index (χ2v) is 5.82. The van der Waals surface area contributed by atoms with Crippen molar-refractivity contribution >= 4 is 12.0 Å². The van der Waals surface area contributed by atoms with Gasteiger partial charge in [0.05, 0.1) is 19.3 Å². The van der Waals surface area contributed by atoms with Gasteiger partial charge in [0.2, 0.25) is 5.91 Å². The molecule has 1 heterocycles. The van der Waals surface area contributed by atoms with Crippen LogP contribution in [0.2, 0.25) is 0 Å². The fourth-order valence-electron chi connectivity index (χ4n) is 1.98. The SMILES string of the molecule is COCCNC(=O)[C@@H]1C[C@H](O)CN1C(=O)OC(C)(C)C. The number of nitrogens with zero attached hydrogens (tertiary/aromatic N) is 1. The van der Waals surface area contributed by atoms with Crippen molar-refractivity contribution in [3.05, 3.63) is 0 Å². The van der Waals surface area contributed by atoms with E-state index in [0.29, 0.717) is 13.2 Å². The summed E-state index contributed by atoms with van der Waals surface area (Å²) >= 11 is 0. The first kappa shape index (κ1) is 16.7. The highest BCUT2D eigenvalue weighted by Gasteiger charge is 2.40. The first-order valence-corrected chi connectivity index (χ1v) is 6.69. The molecular formula is C13H24N2O5. The smallest absolute Gasteiger partial charge is 0.411 e. The van der Waals surface area contributed by atoms with Gasteiger partial charge in [0.15, 0.2) is 0 Å². The van der Waals surface area contributed by atoms with Crippen LogP contribution in [0.3, 0.4) is 0 Å². The van der Waals surface area contributed by atoms with Crippen LogP contribution < -0.4 is 5.32 Å². The van der Waals surface area contributed by atoms with Gasteiger partial charge in [-0.1, -0.05) is 0 Å². The summed E-state index contributed by atoms with van der Waals surface area (Å²) < 4.78 is 10.1. The van der Waals surface area contributed by atoms with E-state index in [-0.39, 0.29) is 18.9 Å². The van der Waals surface area contributed by atoms with E-state index in [1.54, 1.807) is 27.9 Å². The van der Waals surface area contributed by atoms with Crippen molar-refractivity contribution in [1.82, 2.24) is 10.2 Å². The van der Waals surface area contributed by atoms with E-state index in [1.165, 1.54) is 4.90 Å². The van der Waals surface area contributed by atoms with E-state index in [1.807, 2.05) is 0 Å². The lowest BCUT2D eigenvalue weighted by Gasteiger charge is -2.27. The molecule has 0 aromatic heterocycles.